The Bertz CT molecular complexity index is 1070. The maximum atomic E-state index is 12.8. The number of benzene rings is 1. The van der Waals surface area contributed by atoms with Gasteiger partial charge in [-0.15, -0.1) is 10.2 Å². The number of hydrogen-bond donors (Lipinski definition) is 0. The number of carbonyl (C=O) groups is 1. The Labute approximate surface area is 174 Å². The van der Waals surface area contributed by atoms with Crippen molar-refractivity contribution in [3.05, 3.63) is 60.0 Å². The highest BCUT2D eigenvalue weighted by Gasteiger charge is 2.38. The second-order valence-electron chi connectivity index (χ2n) is 7.51. The summed E-state index contributed by atoms with van der Waals surface area (Å²) in [6.07, 6.45) is 3.39. The Kier molecular flexibility index (Phi) is 5.08. The highest BCUT2D eigenvalue weighted by atomic mass is 32.2. The summed E-state index contributed by atoms with van der Waals surface area (Å²) < 4.78 is 7.40. The number of carbonyl (C=O) groups excluding carboxylic acids is 1. The van der Waals surface area contributed by atoms with E-state index in [9.17, 15) is 4.79 Å². The van der Waals surface area contributed by atoms with E-state index in [0.29, 0.717) is 29.0 Å². The van der Waals surface area contributed by atoms with Crippen LogP contribution < -0.4 is 4.90 Å². The first-order valence-electron chi connectivity index (χ1n) is 9.61. The van der Waals surface area contributed by atoms with Gasteiger partial charge in [0.2, 0.25) is 0 Å². The quantitative estimate of drug-likeness (QED) is 0.441. The van der Waals surface area contributed by atoms with E-state index < -0.39 is 0 Å². The van der Waals surface area contributed by atoms with E-state index in [2.05, 4.69) is 41.1 Å². The first kappa shape index (κ1) is 19.5. The summed E-state index contributed by atoms with van der Waals surface area (Å²) in [4.78, 5) is 14.9. The van der Waals surface area contributed by atoms with E-state index in [1.807, 2.05) is 42.8 Å². The molecule has 3 heterocycles. The van der Waals surface area contributed by atoms with Crippen LogP contribution >= 0.6 is 11.8 Å². The molecule has 1 aliphatic rings. The van der Waals surface area contributed by atoms with Crippen molar-refractivity contribution in [2.75, 3.05) is 17.7 Å². The predicted octanol–water partition coefficient (Wildman–Crippen LogP) is 4.53. The van der Waals surface area contributed by atoms with Gasteiger partial charge in [0.25, 0.3) is 0 Å². The average molecular weight is 409 g/mol. The van der Waals surface area contributed by atoms with E-state index in [0.717, 1.165) is 11.4 Å². The second kappa shape index (κ2) is 7.55. The molecule has 0 spiro atoms. The van der Waals surface area contributed by atoms with Crippen LogP contribution in [0.1, 0.15) is 26.3 Å². The topological polar surface area (TPSA) is 64.2 Å². The van der Waals surface area contributed by atoms with E-state index >= 15 is 0 Å². The van der Waals surface area contributed by atoms with Crippen LogP contribution in [0, 0.1) is 0 Å². The number of furan rings is 1. The van der Waals surface area contributed by atoms with Crippen molar-refractivity contribution in [3.63, 3.8) is 0 Å². The third kappa shape index (κ3) is 3.40. The molecular weight excluding hydrogens is 384 g/mol. The number of thioether (sulfide) groups is 1. The van der Waals surface area contributed by atoms with Crippen molar-refractivity contribution in [3.8, 4) is 11.6 Å². The second-order valence-corrected chi connectivity index (χ2v) is 8.46. The van der Waals surface area contributed by atoms with Crippen LogP contribution in [-0.4, -0.2) is 33.3 Å². The number of nitrogens with zero attached hydrogens (tertiary/aromatic N) is 4. The molecule has 0 atom stereocenters. The molecule has 2 aromatic heterocycles. The van der Waals surface area contributed by atoms with Gasteiger partial charge >= 0.3 is 0 Å². The lowest BCUT2D eigenvalue weighted by molar-refractivity contribution is -0.112. The van der Waals surface area contributed by atoms with Gasteiger partial charge in [0.1, 0.15) is 0 Å². The summed E-state index contributed by atoms with van der Waals surface area (Å²) in [7, 11) is 2.02. The van der Waals surface area contributed by atoms with Gasteiger partial charge in [-0.1, -0.05) is 43.8 Å². The highest BCUT2D eigenvalue weighted by molar-refractivity contribution is 7.99. The minimum atomic E-state index is -0.207. The number of rotatable bonds is 6. The zero-order chi connectivity index (χ0) is 20.6. The first-order valence-corrected chi connectivity index (χ1v) is 10.6. The van der Waals surface area contributed by atoms with Crippen LogP contribution in [0.15, 0.2) is 64.0 Å². The summed E-state index contributed by atoms with van der Waals surface area (Å²) >= 11 is 1.40. The van der Waals surface area contributed by atoms with Gasteiger partial charge in [-0.25, -0.2) is 0 Å². The van der Waals surface area contributed by atoms with E-state index in [1.54, 1.807) is 12.3 Å². The van der Waals surface area contributed by atoms with Crippen molar-refractivity contribution in [2.24, 2.45) is 0 Å². The van der Waals surface area contributed by atoms with E-state index in [1.165, 1.54) is 17.3 Å². The minimum Gasteiger partial charge on any atom is -0.461 e. The zero-order valence-corrected chi connectivity index (χ0v) is 17.9. The first-order chi connectivity index (χ1) is 13.9. The molecule has 0 radical (unpaired) electrons. The van der Waals surface area contributed by atoms with Crippen LogP contribution in [0.3, 0.4) is 0 Å². The van der Waals surface area contributed by atoms with Crippen molar-refractivity contribution in [1.29, 1.82) is 0 Å². The fraction of sp³-hybridized carbons (Fsp3) is 0.318. The van der Waals surface area contributed by atoms with Crippen LogP contribution in [0.2, 0.25) is 0 Å². The standard InChI is InChI=1S/C22H24N4O2S/c1-5-26-20(18-11-8-12-28-18)23-24-21(26)29-14-15(27)13-19-22(2,3)16-9-6-7-10-17(16)25(19)4/h6-13H,5,14H2,1-4H3. The lowest BCUT2D eigenvalue weighted by Crippen LogP contribution is -2.24. The molecule has 1 aromatic carbocycles. The van der Waals surface area contributed by atoms with Crippen molar-refractivity contribution in [1.82, 2.24) is 14.8 Å². The molecule has 7 heteroatoms. The third-order valence-electron chi connectivity index (χ3n) is 5.36. The minimum absolute atomic E-state index is 0.0583. The van der Waals surface area contributed by atoms with Crippen LogP contribution in [-0.2, 0) is 16.8 Å². The summed E-state index contributed by atoms with van der Waals surface area (Å²) in [5.41, 5.74) is 3.19. The van der Waals surface area contributed by atoms with Gasteiger partial charge in [-0.2, -0.15) is 0 Å². The number of likely N-dealkylation sites (N-methyl/N-ethyl adjacent to an activating group) is 1. The van der Waals surface area contributed by atoms with Crippen molar-refractivity contribution < 1.29 is 9.21 Å². The summed E-state index contributed by atoms with van der Waals surface area (Å²) in [5, 5.41) is 9.21. The largest absolute Gasteiger partial charge is 0.461 e. The Balaban J connectivity index is 1.52. The Morgan fingerprint density at radius 3 is 2.69 bits per heavy atom. The SMILES string of the molecule is CCn1c(SCC(=O)C=C2N(C)c3ccccc3C2(C)C)nnc1-c1ccco1. The van der Waals surface area contributed by atoms with Crippen molar-refractivity contribution >= 4 is 23.2 Å². The molecule has 0 unspecified atom stereocenters. The molecular formula is C22H24N4O2S. The number of hydrogen-bond acceptors (Lipinski definition) is 6. The smallest absolute Gasteiger partial charge is 0.200 e. The number of aromatic nitrogens is 3. The third-order valence-corrected chi connectivity index (χ3v) is 6.35. The van der Waals surface area contributed by atoms with Gasteiger partial charge < -0.3 is 9.32 Å². The Morgan fingerprint density at radius 1 is 1.21 bits per heavy atom. The maximum absolute atomic E-state index is 12.8. The van der Waals surface area contributed by atoms with Crippen LogP contribution in [0.4, 0.5) is 5.69 Å². The van der Waals surface area contributed by atoms with E-state index in [-0.39, 0.29) is 11.2 Å². The predicted molar refractivity (Wildman–Crippen MR) is 115 cm³/mol. The van der Waals surface area contributed by atoms with Gasteiger partial charge in [-0.05, 0) is 30.7 Å². The van der Waals surface area contributed by atoms with E-state index in [4.69, 9.17) is 4.42 Å². The Morgan fingerprint density at radius 2 is 2.00 bits per heavy atom. The number of para-hydroxylation sites is 1. The molecule has 0 saturated carbocycles. The molecule has 150 valence electrons. The lowest BCUT2D eigenvalue weighted by Gasteiger charge is -2.23. The molecule has 0 fully saturated rings. The molecule has 0 bridgehead atoms. The van der Waals surface area contributed by atoms with Crippen molar-refractivity contribution in [2.45, 2.75) is 37.9 Å². The van der Waals surface area contributed by atoms with Crippen LogP contribution in [0.5, 0.6) is 0 Å². The average Bonchev–Trinajstić information content (AvgIpc) is 3.42. The summed E-state index contributed by atoms with van der Waals surface area (Å²) in [6, 6.07) is 12.0. The molecule has 29 heavy (non-hydrogen) atoms. The number of allylic oxidation sites excluding steroid dienone is 2. The molecule has 0 aliphatic carbocycles. The normalized spacial score (nSPS) is 16.4. The molecule has 0 N–H and O–H groups in total. The zero-order valence-electron chi connectivity index (χ0n) is 17.0. The molecule has 0 amide bonds. The lowest BCUT2D eigenvalue weighted by atomic mass is 9.83. The molecule has 1 aliphatic heterocycles. The monoisotopic (exact) mass is 408 g/mol. The summed E-state index contributed by atoms with van der Waals surface area (Å²) in [5.74, 6) is 1.72. The highest BCUT2D eigenvalue weighted by Crippen LogP contribution is 2.46. The maximum Gasteiger partial charge on any atom is 0.200 e. The van der Waals surface area contributed by atoms with Gasteiger partial charge in [0, 0.05) is 36.5 Å². The van der Waals surface area contributed by atoms with Gasteiger partial charge in [0.15, 0.2) is 22.5 Å². The Hall–Kier alpha value is -2.80. The fourth-order valence-corrected chi connectivity index (χ4v) is 4.68. The van der Waals surface area contributed by atoms with Gasteiger partial charge in [-0.3, -0.25) is 9.36 Å². The number of anilines is 1. The molecule has 6 nitrogen and oxygen atoms in total. The molecule has 3 aromatic rings. The van der Waals surface area contributed by atoms with Gasteiger partial charge in [0.05, 0.1) is 12.0 Å². The van der Waals surface area contributed by atoms with Crippen LogP contribution in [0.25, 0.3) is 11.6 Å². The summed E-state index contributed by atoms with van der Waals surface area (Å²) in [6.45, 7) is 7.04. The number of fused-ring (bicyclic) bond motifs is 1. The number of ketones is 1. The molecule has 4 rings (SSSR count). The fourth-order valence-electron chi connectivity index (χ4n) is 3.86. The molecule has 0 saturated heterocycles.